The third kappa shape index (κ3) is 2.84. The van der Waals surface area contributed by atoms with Crippen LogP contribution in [0.4, 0.5) is 5.82 Å². The van der Waals surface area contributed by atoms with Crippen LogP contribution in [0.25, 0.3) is 0 Å². The van der Waals surface area contributed by atoms with E-state index in [1.807, 2.05) is 7.05 Å². The average Bonchev–Trinajstić information content (AvgIpc) is 2.33. The molecule has 1 aromatic heterocycles. The maximum absolute atomic E-state index is 5.52. The summed E-state index contributed by atoms with van der Waals surface area (Å²) in [5, 5.41) is 0. The molecule has 0 bridgehead atoms. The summed E-state index contributed by atoms with van der Waals surface area (Å²) in [5.74, 6) is 0.855. The average molecular weight is 279 g/mol. The molecule has 0 amide bonds. The van der Waals surface area contributed by atoms with Crippen LogP contribution in [0.15, 0.2) is 12.4 Å². The summed E-state index contributed by atoms with van der Waals surface area (Å²) in [6.45, 7) is 0.959. The van der Waals surface area contributed by atoms with Gasteiger partial charge in [0.25, 0.3) is 0 Å². The molecular weight excluding hydrogens is 258 g/mol. The first-order chi connectivity index (χ1) is 8.94. The van der Waals surface area contributed by atoms with Gasteiger partial charge in [-0.3, -0.25) is 0 Å². The van der Waals surface area contributed by atoms with Crippen molar-refractivity contribution in [3.8, 4) is 0 Å². The zero-order chi connectivity index (χ0) is 14.0. The molecule has 104 valence electrons. The Morgan fingerprint density at radius 3 is 2.37 bits per heavy atom. The zero-order valence-corrected chi connectivity index (χ0v) is 12.6. The lowest BCUT2D eigenvalue weighted by atomic mass is 9.75. The molecule has 1 heterocycles. The lowest BCUT2D eigenvalue weighted by molar-refractivity contribution is 0.0681. The summed E-state index contributed by atoms with van der Waals surface area (Å²) in [6.07, 6.45) is 7.15. The fourth-order valence-electron chi connectivity index (χ4n) is 2.50. The molecule has 1 fully saturated rings. The molecule has 0 spiro atoms. The Hall–Kier alpha value is -1.27. The molecule has 0 atom stereocenters. The topological polar surface area (TPSA) is 58.3 Å². The largest absolute Gasteiger partial charge is 0.388 e. The Labute approximate surface area is 119 Å². The molecule has 0 saturated heterocycles. The van der Waals surface area contributed by atoms with Gasteiger partial charge in [0.15, 0.2) is 0 Å². The lowest BCUT2D eigenvalue weighted by Crippen LogP contribution is -2.56. The van der Waals surface area contributed by atoms with Gasteiger partial charge in [-0.2, -0.15) is 0 Å². The number of rotatable bonds is 5. The van der Waals surface area contributed by atoms with E-state index in [0.717, 1.165) is 12.4 Å². The molecule has 0 aliphatic heterocycles. The zero-order valence-electron chi connectivity index (χ0n) is 11.8. The maximum atomic E-state index is 5.52. The summed E-state index contributed by atoms with van der Waals surface area (Å²) >= 11 is 4.88. The smallest absolute Gasteiger partial charge is 0.146 e. The van der Waals surface area contributed by atoms with E-state index in [-0.39, 0.29) is 10.5 Å². The second kappa shape index (κ2) is 5.38. The van der Waals surface area contributed by atoms with E-state index in [1.165, 1.54) is 19.3 Å². The molecule has 1 aromatic rings. The Kier molecular flexibility index (Phi) is 4.01. The van der Waals surface area contributed by atoms with E-state index < -0.39 is 0 Å². The van der Waals surface area contributed by atoms with Gasteiger partial charge in [-0.25, -0.2) is 9.97 Å². The van der Waals surface area contributed by atoms with Crippen LogP contribution in [-0.4, -0.2) is 53.1 Å². The minimum absolute atomic E-state index is 0.276. The van der Waals surface area contributed by atoms with Crippen LogP contribution in [-0.2, 0) is 0 Å². The van der Waals surface area contributed by atoms with E-state index >= 15 is 0 Å². The summed E-state index contributed by atoms with van der Waals surface area (Å²) in [4.78, 5) is 13.4. The van der Waals surface area contributed by atoms with Crippen molar-refractivity contribution in [2.75, 3.05) is 32.6 Å². The van der Waals surface area contributed by atoms with Crippen LogP contribution in [0, 0.1) is 0 Å². The lowest BCUT2D eigenvalue weighted by Gasteiger charge is -2.49. The van der Waals surface area contributed by atoms with Crippen LogP contribution in [0.5, 0.6) is 0 Å². The molecule has 5 nitrogen and oxygen atoms in total. The fourth-order valence-corrected chi connectivity index (χ4v) is 2.61. The first kappa shape index (κ1) is 14.1. The SMILES string of the molecule is CN(CC1(N(C)C)CCC1)c1cnc(C(N)=S)cn1. The summed E-state index contributed by atoms with van der Waals surface area (Å²) in [7, 11) is 6.34. The van der Waals surface area contributed by atoms with Gasteiger partial charge in [-0.15, -0.1) is 0 Å². The van der Waals surface area contributed by atoms with E-state index in [9.17, 15) is 0 Å². The summed E-state index contributed by atoms with van der Waals surface area (Å²) < 4.78 is 0. The Morgan fingerprint density at radius 1 is 1.32 bits per heavy atom. The first-order valence-corrected chi connectivity index (χ1v) is 6.86. The standard InChI is InChI=1S/C13H21N5S/c1-17(2)13(5-4-6-13)9-18(3)11-8-15-10(7-16-11)12(14)19/h7-8H,4-6,9H2,1-3H3,(H2,14,19). The molecule has 0 unspecified atom stereocenters. The summed E-state index contributed by atoms with van der Waals surface area (Å²) in [6, 6.07) is 0. The van der Waals surface area contributed by atoms with Crippen molar-refractivity contribution in [1.82, 2.24) is 14.9 Å². The number of likely N-dealkylation sites (N-methyl/N-ethyl adjacent to an activating group) is 2. The number of anilines is 1. The van der Waals surface area contributed by atoms with Crippen LogP contribution >= 0.6 is 12.2 Å². The van der Waals surface area contributed by atoms with Crippen molar-refractivity contribution in [2.45, 2.75) is 24.8 Å². The van der Waals surface area contributed by atoms with Crippen molar-refractivity contribution < 1.29 is 0 Å². The molecule has 0 radical (unpaired) electrons. The fraction of sp³-hybridized carbons (Fsp3) is 0.615. The minimum atomic E-state index is 0.276. The van der Waals surface area contributed by atoms with Crippen molar-refractivity contribution in [3.05, 3.63) is 18.1 Å². The molecule has 2 N–H and O–H groups in total. The molecule has 2 rings (SSSR count). The maximum Gasteiger partial charge on any atom is 0.146 e. The molecule has 1 aliphatic carbocycles. The third-order valence-corrected chi connectivity index (χ3v) is 4.26. The van der Waals surface area contributed by atoms with Gasteiger partial charge in [0.1, 0.15) is 16.5 Å². The first-order valence-electron chi connectivity index (χ1n) is 6.45. The van der Waals surface area contributed by atoms with E-state index in [0.29, 0.717) is 5.69 Å². The van der Waals surface area contributed by atoms with Gasteiger partial charge in [0.2, 0.25) is 0 Å². The van der Waals surface area contributed by atoms with Crippen molar-refractivity contribution in [1.29, 1.82) is 0 Å². The van der Waals surface area contributed by atoms with E-state index in [2.05, 4.69) is 33.9 Å². The second-order valence-corrected chi connectivity index (χ2v) is 5.89. The van der Waals surface area contributed by atoms with Crippen LogP contribution < -0.4 is 10.6 Å². The predicted molar refractivity (Wildman–Crippen MR) is 81.5 cm³/mol. The third-order valence-electron chi connectivity index (χ3n) is 4.05. The van der Waals surface area contributed by atoms with Crippen LogP contribution in [0.3, 0.4) is 0 Å². The number of thiocarbonyl (C=S) groups is 1. The number of hydrogen-bond acceptors (Lipinski definition) is 5. The Balaban J connectivity index is 2.07. The molecule has 6 heteroatoms. The van der Waals surface area contributed by atoms with Crippen LogP contribution in [0.1, 0.15) is 25.0 Å². The Morgan fingerprint density at radius 2 is 2.00 bits per heavy atom. The molecule has 1 aliphatic rings. The highest BCUT2D eigenvalue weighted by molar-refractivity contribution is 7.80. The highest BCUT2D eigenvalue weighted by atomic mass is 32.1. The summed E-state index contributed by atoms with van der Waals surface area (Å²) in [5.41, 5.74) is 6.36. The van der Waals surface area contributed by atoms with Gasteiger partial charge in [0, 0.05) is 19.1 Å². The monoisotopic (exact) mass is 279 g/mol. The number of hydrogen-bond donors (Lipinski definition) is 1. The van der Waals surface area contributed by atoms with E-state index in [4.69, 9.17) is 18.0 Å². The van der Waals surface area contributed by atoms with Crippen molar-refractivity contribution >= 4 is 23.0 Å². The van der Waals surface area contributed by atoms with Gasteiger partial charge in [0.05, 0.1) is 12.4 Å². The molecule has 1 saturated carbocycles. The van der Waals surface area contributed by atoms with Crippen molar-refractivity contribution in [3.63, 3.8) is 0 Å². The van der Waals surface area contributed by atoms with Gasteiger partial charge in [-0.1, -0.05) is 12.2 Å². The van der Waals surface area contributed by atoms with E-state index in [1.54, 1.807) is 12.4 Å². The normalized spacial score (nSPS) is 17.1. The molecule has 0 aromatic carbocycles. The van der Waals surface area contributed by atoms with Gasteiger partial charge in [-0.05, 0) is 33.4 Å². The predicted octanol–water partition coefficient (Wildman–Crippen LogP) is 1.03. The number of nitrogens with two attached hydrogens (primary N) is 1. The highest BCUT2D eigenvalue weighted by Gasteiger charge is 2.40. The molecular formula is C13H21N5S. The molecule has 19 heavy (non-hydrogen) atoms. The second-order valence-electron chi connectivity index (χ2n) is 5.45. The van der Waals surface area contributed by atoms with Gasteiger partial charge < -0.3 is 15.5 Å². The minimum Gasteiger partial charge on any atom is -0.388 e. The Bertz CT molecular complexity index is 453. The number of aromatic nitrogens is 2. The van der Waals surface area contributed by atoms with Crippen LogP contribution in [0.2, 0.25) is 0 Å². The highest BCUT2D eigenvalue weighted by Crippen LogP contribution is 2.37. The quantitative estimate of drug-likeness (QED) is 0.813. The van der Waals surface area contributed by atoms with Crippen molar-refractivity contribution in [2.24, 2.45) is 5.73 Å². The van der Waals surface area contributed by atoms with Gasteiger partial charge >= 0.3 is 0 Å². The number of nitrogens with zero attached hydrogens (tertiary/aromatic N) is 4.